The van der Waals surface area contributed by atoms with E-state index in [0.717, 1.165) is 18.0 Å². The van der Waals surface area contributed by atoms with Crippen LogP contribution < -0.4 is 15.0 Å². The van der Waals surface area contributed by atoms with Crippen molar-refractivity contribution in [2.75, 3.05) is 39.3 Å². The van der Waals surface area contributed by atoms with Crippen LogP contribution in [0.25, 0.3) is 0 Å². The molecule has 90 valence electrons. The quantitative estimate of drug-likeness (QED) is 0.747. The molecule has 0 saturated heterocycles. The third-order valence-electron chi connectivity index (χ3n) is 2.64. The Morgan fingerprint density at radius 3 is 2.44 bits per heavy atom. The molecule has 1 rings (SSSR count). The number of hydrogen-bond donors (Lipinski definition) is 2. The molecule has 0 spiro atoms. The van der Waals surface area contributed by atoms with E-state index in [1.165, 1.54) is 0 Å². The van der Waals surface area contributed by atoms with Crippen molar-refractivity contribution < 1.29 is 9.84 Å². The number of nitrogens with one attached hydrogen (secondary N) is 1. The van der Waals surface area contributed by atoms with Gasteiger partial charge in [-0.05, 0) is 31.3 Å². The average molecular weight is 224 g/mol. The number of hydrogen-bond acceptors (Lipinski definition) is 4. The van der Waals surface area contributed by atoms with Crippen LogP contribution in [0.3, 0.4) is 0 Å². The van der Waals surface area contributed by atoms with Crippen LogP contribution in [0.4, 0.5) is 5.69 Å². The fourth-order valence-electron chi connectivity index (χ4n) is 1.51. The second kappa shape index (κ2) is 6.35. The number of ether oxygens (including phenoxy) is 1. The highest BCUT2D eigenvalue weighted by Gasteiger charge is 2.08. The van der Waals surface area contributed by atoms with Gasteiger partial charge in [0.1, 0.15) is 5.75 Å². The van der Waals surface area contributed by atoms with Crippen LogP contribution in [0.2, 0.25) is 0 Å². The zero-order valence-electron chi connectivity index (χ0n) is 10.1. The molecule has 0 fully saturated rings. The van der Waals surface area contributed by atoms with Crippen molar-refractivity contribution in [1.29, 1.82) is 0 Å². The van der Waals surface area contributed by atoms with Crippen molar-refractivity contribution in [2.24, 2.45) is 0 Å². The maximum Gasteiger partial charge on any atom is 0.119 e. The summed E-state index contributed by atoms with van der Waals surface area (Å²) >= 11 is 0. The van der Waals surface area contributed by atoms with Crippen LogP contribution in [-0.2, 0) is 0 Å². The molecule has 1 aromatic carbocycles. The first-order chi connectivity index (χ1) is 7.71. The summed E-state index contributed by atoms with van der Waals surface area (Å²) in [5.41, 5.74) is 1.11. The van der Waals surface area contributed by atoms with Crippen molar-refractivity contribution in [3.63, 3.8) is 0 Å². The first kappa shape index (κ1) is 12.8. The van der Waals surface area contributed by atoms with E-state index in [2.05, 4.69) is 10.2 Å². The summed E-state index contributed by atoms with van der Waals surface area (Å²) < 4.78 is 5.10. The van der Waals surface area contributed by atoms with Crippen LogP contribution in [0.5, 0.6) is 5.75 Å². The molecule has 4 heteroatoms. The Morgan fingerprint density at radius 2 is 2.00 bits per heavy atom. The minimum atomic E-state index is 0.0899. The fourth-order valence-corrected chi connectivity index (χ4v) is 1.51. The fraction of sp³-hybridized carbons (Fsp3) is 0.500. The minimum absolute atomic E-state index is 0.0899. The molecular weight excluding hydrogens is 204 g/mol. The SMILES string of the molecule is CNC(CO)CN(C)c1ccc(OC)cc1. The molecule has 0 aliphatic rings. The van der Waals surface area contributed by atoms with Gasteiger partial charge in [0, 0.05) is 25.3 Å². The van der Waals surface area contributed by atoms with Gasteiger partial charge in [0.15, 0.2) is 0 Å². The van der Waals surface area contributed by atoms with E-state index in [-0.39, 0.29) is 12.6 Å². The summed E-state index contributed by atoms with van der Waals surface area (Å²) in [7, 11) is 5.51. The van der Waals surface area contributed by atoms with Crippen molar-refractivity contribution in [2.45, 2.75) is 6.04 Å². The van der Waals surface area contributed by atoms with E-state index < -0.39 is 0 Å². The maximum absolute atomic E-state index is 9.09. The summed E-state index contributed by atoms with van der Waals surface area (Å²) in [4.78, 5) is 2.09. The van der Waals surface area contributed by atoms with Gasteiger partial charge in [0.25, 0.3) is 0 Å². The normalized spacial score (nSPS) is 12.2. The molecule has 1 unspecified atom stereocenters. The van der Waals surface area contributed by atoms with Crippen LogP contribution in [0.1, 0.15) is 0 Å². The molecule has 0 saturated carbocycles. The molecule has 16 heavy (non-hydrogen) atoms. The monoisotopic (exact) mass is 224 g/mol. The zero-order valence-corrected chi connectivity index (χ0v) is 10.1. The summed E-state index contributed by atoms with van der Waals surface area (Å²) in [5, 5.41) is 12.2. The summed E-state index contributed by atoms with van der Waals surface area (Å²) in [6, 6.07) is 7.96. The molecule has 1 aromatic rings. The van der Waals surface area contributed by atoms with E-state index in [0.29, 0.717) is 0 Å². The maximum atomic E-state index is 9.09. The lowest BCUT2D eigenvalue weighted by Crippen LogP contribution is -2.40. The van der Waals surface area contributed by atoms with E-state index in [1.807, 2.05) is 38.4 Å². The molecule has 0 aromatic heterocycles. The first-order valence-electron chi connectivity index (χ1n) is 5.34. The number of benzene rings is 1. The molecule has 0 amide bonds. The average Bonchev–Trinajstić information content (AvgIpc) is 2.35. The zero-order chi connectivity index (χ0) is 12.0. The van der Waals surface area contributed by atoms with Gasteiger partial charge in [-0.1, -0.05) is 0 Å². The van der Waals surface area contributed by atoms with Crippen molar-refractivity contribution in [1.82, 2.24) is 5.32 Å². The third kappa shape index (κ3) is 3.40. The number of anilines is 1. The lowest BCUT2D eigenvalue weighted by Gasteiger charge is -2.24. The molecule has 0 heterocycles. The van der Waals surface area contributed by atoms with E-state index in [1.54, 1.807) is 7.11 Å². The van der Waals surface area contributed by atoms with Gasteiger partial charge in [-0.2, -0.15) is 0 Å². The van der Waals surface area contributed by atoms with Crippen molar-refractivity contribution in [3.8, 4) is 5.75 Å². The summed E-state index contributed by atoms with van der Waals surface area (Å²) in [5.74, 6) is 0.851. The Bertz CT molecular complexity index is 296. The smallest absolute Gasteiger partial charge is 0.119 e. The van der Waals surface area contributed by atoms with Gasteiger partial charge in [-0.15, -0.1) is 0 Å². The van der Waals surface area contributed by atoms with Crippen LogP contribution in [-0.4, -0.2) is 45.5 Å². The molecule has 0 aliphatic carbocycles. The lowest BCUT2D eigenvalue weighted by atomic mass is 10.2. The number of aliphatic hydroxyl groups excluding tert-OH is 1. The van der Waals surface area contributed by atoms with Gasteiger partial charge in [0.2, 0.25) is 0 Å². The Hall–Kier alpha value is -1.26. The molecule has 1 atom stereocenters. The van der Waals surface area contributed by atoms with Crippen molar-refractivity contribution in [3.05, 3.63) is 24.3 Å². The van der Waals surface area contributed by atoms with Crippen LogP contribution in [0, 0.1) is 0 Å². The van der Waals surface area contributed by atoms with Gasteiger partial charge < -0.3 is 20.1 Å². The summed E-state index contributed by atoms with van der Waals surface area (Å²) in [6.45, 7) is 0.899. The van der Waals surface area contributed by atoms with Crippen LogP contribution >= 0.6 is 0 Å². The highest BCUT2D eigenvalue weighted by molar-refractivity contribution is 5.48. The molecule has 2 N–H and O–H groups in total. The Kier molecular flexibility index (Phi) is 5.08. The lowest BCUT2D eigenvalue weighted by molar-refractivity contribution is 0.251. The second-order valence-electron chi connectivity index (χ2n) is 3.75. The number of likely N-dealkylation sites (N-methyl/N-ethyl adjacent to an activating group) is 2. The molecule has 0 bridgehead atoms. The third-order valence-corrected chi connectivity index (χ3v) is 2.64. The minimum Gasteiger partial charge on any atom is -0.497 e. The Labute approximate surface area is 96.8 Å². The molecular formula is C12H20N2O2. The van der Waals surface area contributed by atoms with E-state index in [9.17, 15) is 0 Å². The van der Waals surface area contributed by atoms with Gasteiger partial charge in [0.05, 0.1) is 13.7 Å². The van der Waals surface area contributed by atoms with Crippen LogP contribution in [0.15, 0.2) is 24.3 Å². The van der Waals surface area contributed by atoms with E-state index in [4.69, 9.17) is 9.84 Å². The first-order valence-corrected chi connectivity index (χ1v) is 5.34. The van der Waals surface area contributed by atoms with Crippen molar-refractivity contribution >= 4 is 5.69 Å². The predicted octanol–water partition coefficient (Wildman–Crippen LogP) is 0.712. The molecule has 0 radical (unpaired) electrons. The van der Waals surface area contributed by atoms with E-state index >= 15 is 0 Å². The number of rotatable bonds is 6. The standard InChI is InChI=1S/C12H20N2O2/c1-13-10(9-15)8-14(2)11-4-6-12(16-3)7-5-11/h4-7,10,13,15H,8-9H2,1-3H3. The second-order valence-corrected chi connectivity index (χ2v) is 3.75. The number of methoxy groups -OCH3 is 1. The predicted molar refractivity (Wildman–Crippen MR) is 66.2 cm³/mol. The van der Waals surface area contributed by atoms with Gasteiger partial charge >= 0.3 is 0 Å². The van der Waals surface area contributed by atoms with Gasteiger partial charge in [-0.25, -0.2) is 0 Å². The molecule has 4 nitrogen and oxygen atoms in total. The number of nitrogens with zero attached hydrogens (tertiary/aromatic N) is 1. The highest BCUT2D eigenvalue weighted by Crippen LogP contribution is 2.18. The summed E-state index contributed by atoms with van der Waals surface area (Å²) in [6.07, 6.45) is 0. The topological polar surface area (TPSA) is 44.7 Å². The highest BCUT2D eigenvalue weighted by atomic mass is 16.5. The van der Waals surface area contributed by atoms with Gasteiger partial charge in [-0.3, -0.25) is 0 Å². The molecule has 0 aliphatic heterocycles. The number of aliphatic hydroxyl groups is 1. The largest absolute Gasteiger partial charge is 0.497 e. The Morgan fingerprint density at radius 1 is 1.38 bits per heavy atom. The Balaban J connectivity index is 2.61.